The lowest BCUT2D eigenvalue weighted by Gasteiger charge is -2.43. The molecule has 0 saturated carbocycles. The van der Waals surface area contributed by atoms with Gasteiger partial charge in [0.05, 0.1) is 24.6 Å². The van der Waals surface area contributed by atoms with Crippen molar-refractivity contribution in [2.24, 2.45) is 5.14 Å². The van der Waals surface area contributed by atoms with E-state index < -0.39 is 15.6 Å². The number of rotatable bonds is 4. The lowest BCUT2D eigenvalue weighted by Crippen LogP contribution is -2.61. The number of aryl methyl sites for hydroxylation is 2. The van der Waals surface area contributed by atoms with Crippen LogP contribution in [-0.4, -0.2) is 82.1 Å². The Bertz CT molecular complexity index is 1280. The van der Waals surface area contributed by atoms with Gasteiger partial charge in [0.2, 0.25) is 10.0 Å². The molecule has 2 heterocycles. The van der Waals surface area contributed by atoms with E-state index in [-0.39, 0.29) is 36.5 Å². The summed E-state index contributed by atoms with van der Waals surface area (Å²) < 4.78 is 40.9. The van der Waals surface area contributed by atoms with Gasteiger partial charge in [-0.3, -0.25) is 9.59 Å². The first-order chi connectivity index (χ1) is 18.1. The minimum Gasteiger partial charge on any atom is -0.491 e. The molecule has 0 bridgehead atoms. The number of ether oxygens (including phenoxy) is 3. The summed E-state index contributed by atoms with van der Waals surface area (Å²) in [5.74, 6) is 0.795. The summed E-state index contributed by atoms with van der Waals surface area (Å²) >= 11 is 0. The molecular weight excluding hydrogens is 510 g/mol. The molecular formula is C27H35N3O7S. The molecule has 2 amide bonds. The molecule has 0 aliphatic carbocycles. The van der Waals surface area contributed by atoms with Crippen molar-refractivity contribution in [3.8, 4) is 11.5 Å². The highest BCUT2D eigenvalue weighted by Gasteiger charge is 2.46. The number of nitrogens with two attached hydrogens (primary N) is 1. The van der Waals surface area contributed by atoms with Crippen LogP contribution in [0.2, 0.25) is 0 Å². The molecule has 38 heavy (non-hydrogen) atoms. The largest absolute Gasteiger partial charge is 0.491 e. The first-order valence-corrected chi connectivity index (χ1v) is 14.3. The quantitative estimate of drug-likeness (QED) is 0.621. The van der Waals surface area contributed by atoms with Crippen molar-refractivity contribution in [3.05, 3.63) is 53.6 Å². The maximum absolute atomic E-state index is 13.6. The second-order valence-corrected chi connectivity index (χ2v) is 11.4. The lowest BCUT2D eigenvalue weighted by molar-refractivity contribution is -0.176. The summed E-state index contributed by atoms with van der Waals surface area (Å²) in [5.41, 5.74) is 0.554. The molecule has 2 N–H and O–H groups in total. The van der Waals surface area contributed by atoms with Gasteiger partial charge < -0.3 is 24.0 Å². The topological polar surface area (TPSA) is 128 Å². The van der Waals surface area contributed by atoms with Crippen LogP contribution in [0.1, 0.15) is 30.4 Å². The van der Waals surface area contributed by atoms with Gasteiger partial charge in [0, 0.05) is 13.6 Å². The van der Waals surface area contributed by atoms with Gasteiger partial charge in [0.25, 0.3) is 11.8 Å². The number of likely N-dealkylation sites (N-methyl/N-ethyl adjacent to an activating group) is 1. The van der Waals surface area contributed by atoms with Crippen molar-refractivity contribution in [1.82, 2.24) is 9.80 Å². The summed E-state index contributed by atoms with van der Waals surface area (Å²) in [5, 5.41) is 5.18. The van der Waals surface area contributed by atoms with Crippen molar-refractivity contribution < 1.29 is 32.2 Å². The Morgan fingerprint density at radius 3 is 2.68 bits per heavy atom. The van der Waals surface area contributed by atoms with Gasteiger partial charge in [0.1, 0.15) is 18.1 Å². The van der Waals surface area contributed by atoms with E-state index >= 15 is 0 Å². The molecule has 0 aromatic heterocycles. The van der Waals surface area contributed by atoms with Crippen LogP contribution in [0.4, 0.5) is 0 Å². The number of hydrogen-bond acceptors (Lipinski definition) is 7. The Morgan fingerprint density at radius 1 is 1.13 bits per heavy atom. The summed E-state index contributed by atoms with van der Waals surface area (Å²) in [6, 6.07) is 12.2. The molecule has 2 aliphatic heterocycles. The highest BCUT2D eigenvalue weighted by molar-refractivity contribution is 7.89. The van der Waals surface area contributed by atoms with E-state index in [1.54, 1.807) is 23.8 Å². The van der Waals surface area contributed by atoms with Crippen LogP contribution < -0.4 is 14.6 Å². The fourth-order valence-electron chi connectivity index (χ4n) is 4.90. The normalized spacial score (nSPS) is 21.2. The molecule has 1 fully saturated rings. The first-order valence-electron chi connectivity index (χ1n) is 12.7. The van der Waals surface area contributed by atoms with Crippen molar-refractivity contribution in [3.63, 3.8) is 0 Å². The van der Waals surface area contributed by atoms with Crippen LogP contribution in [0.3, 0.4) is 0 Å². The number of sulfonamides is 1. The number of hydrogen-bond donors (Lipinski definition) is 1. The number of benzene rings is 2. The van der Waals surface area contributed by atoms with Crippen LogP contribution in [-0.2, 0) is 30.8 Å². The van der Waals surface area contributed by atoms with Crippen LogP contribution in [0.25, 0.3) is 0 Å². The van der Waals surface area contributed by atoms with Crippen LogP contribution >= 0.6 is 0 Å². The van der Waals surface area contributed by atoms with E-state index in [1.807, 2.05) is 18.2 Å². The second-order valence-electron chi connectivity index (χ2n) is 9.81. The van der Waals surface area contributed by atoms with Crippen molar-refractivity contribution in [2.75, 3.05) is 46.5 Å². The standard InChI is InChI=1S/C27H35N3O7S/c1-20-17-22(38(28,33)34)10-11-23(20)36-18-25(31)30-14-16-37-27(19-30)12-6-5-8-21-7-3-4-9-24(21)35-15-13-29(2)26(27)32/h3-4,7,9-11,17H,5-6,8,12-16,18-19H2,1-2H3,(H2,28,33,34). The van der Waals surface area contributed by atoms with E-state index in [0.29, 0.717) is 37.4 Å². The first kappa shape index (κ1) is 27.9. The van der Waals surface area contributed by atoms with Crippen LogP contribution in [0.15, 0.2) is 47.4 Å². The molecule has 2 aromatic carbocycles. The predicted molar refractivity (Wildman–Crippen MR) is 140 cm³/mol. The highest BCUT2D eigenvalue weighted by atomic mass is 32.2. The minimum absolute atomic E-state index is 0.0252. The van der Waals surface area contributed by atoms with E-state index in [2.05, 4.69) is 6.07 Å². The molecule has 2 aromatic rings. The zero-order chi connectivity index (χ0) is 27.3. The fourth-order valence-corrected chi connectivity index (χ4v) is 5.49. The SMILES string of the molecule is Cc1cc(S(N)(=O)=O)ccc1OCC(=O)N1CCOC2(CCCCc3ccccc3OCCN(C)C2=O)C1. The number of nitrogens with zero attached hydrogens (tertiary/aromatic N) is 2. The number of carbonyl (C=O) groups is 2. The summed E-state index contributed by atoms with van der Waals surface area (Å²) in [6.07, 6.45) is 2.93. The second kappa shape index (κ2) is 11.7. The Kier molecular flexibility index (Phi) is 8.59. The van der Waals surface area contributed by atoms with Crippen LogP contribution in [0.5, 0.6) is 11.5 Å². The number of amides is 2. The van der Waals surface area contributed by atoms with Crippen molar-refractivity contribution in [2.45, 2.75) is 43.1 Å². The number of carbonyl (C=O) groups excluding carboxylic acids is 2. The predicted octanol–water partition coefficient (Wildman–Crippen LogP) is 1.88. The van der Waals surface area contributed by atoms with Crippen molar-refractivity contribution >= 4 is 21.8 Å². The molecule has 4 rings (SSSR count). The third kappa shape index (κ3) is 6.46. The Morgan fingerprint density at radius 2 is 1.92 bits per heavy atom. The zero-order valence-electron chi connectivity index (χ0n) is 21.9. The van der Waals surface area contributed by atoms with E-state index in [9.17, 15) is 18.0 Å². The Balaban J connectivity index is 1.44. The molecule has 10 nitrogen and oxygen atoms in total. The van der Waals surface area contributed by atoms with Gasteiger partial charge in [-0.05, 0) is 68.0 Å². The van der Waals surface area contributed by atoms with E-state index in [1.165, 1.54) is 18.2 Å². The number of morpholine rings is 1. The number of primary sulfonamides is 1. The maximum atomic E-state index is 13.6. The Hall–Kier alpha value is -3.15. The number of para-hydroxylation sites is 1. The van der Waals surface area contributed by atoms with Gasteiger partial charge in [-0.1, -0.05) is 18.2 Å². The summed E-state index contributed by atoms with van der Waals surface area (Å²) in [7, 11) is -2.11. The summed E-state index contributed by atoms with van der Waals surface area (Å²) in [4.78, 5) is 29.9. The third-order valence-corrected chi connectivity index (χ3v) is 7.95. The molecule has 1 spiro atoms. The minimum atomic E-state index is -3.83. The third-order valence-electron chi connectivity index (χ3n) is 7.03. The lowest BCUT2D eigenvalue weighted by atomic mass is 9.91. The van der Waals surface area contributed by atoms with Crippen molar-refractivity contribution in [1.29, 1.82) is 0 Å². The number of fused-ring (bicyclic) bond motifs is 1. The highest BCUT2D eigenvalue weighted by Crippen LogP contribution is 2.29. The molecule has 206 valence electrons. The molecule has 2 aliphatic rings. The molecule has 1 saturated heterocycles. The fraction of sp³-hybridized carbons (Fsp3) is 0.481. The zero-order valence-corrected chi connectivity index (χ0v) is 22.7. The van der Waals surface area contributed by atoms with E-state index in [4.69, 9.17) is 19.3 Å². The van der Waals surface area contributed by atoms with Gasteiger partial charge >= 0.3 is 0 Å². The summed E-state index contributed by atoms with van der Waals surface area (Å²) in [6.45, 7) is 2.91. The van der Waals surface area contributed by atoms with E-state index in [0.717, 1.165) is 30.6 Å². The van der Waals surface area contributed by atoms with Gasteiger partial charge in [-0.15, -0.1) is 0 Å². The van der Waals surface area contributed by atoms with Gasteiger partial charge in [-0.25, -0.2) is 13.6 Å². The average Bonchev–Trinajstić information content (AvgIpc) is 2.89. The maximum Gasteiger partial charge on any atom is 0.260 e. The van der Waals surface area contributed by atoms with Crippen LogP contribution in [0, 0.1) is 6.92 Å². The monoisotopic (exact) mass is 545 g/mol. The average molecular weight is 546 g/mol. The molecule has 0 radical (unpaired) electrons. The smallest absolute Gasteiger partial charge is 0.260 e. The van der Waals surface area contributed by atoms with Gasteiger partial charge in [0.15, 0.2) is 12.2 Å². The molecule has 1 atom stereocenters. The van der Waals surface area contributed by atoms with Gasteiger partial charge in [-0.2, -0.15) is 0 Å². The Labute approximate surface area is 223 Å². The molecule has 1 unspecified atom stereocenters. The molecule has 11 heteroatoms.